The van der Waals surface area contributed by atoms with Gasteiger partial charge in [-0.25, -0.2) is 9.51 Å². The summed E-state index contributed by atoms with van der Waals surface area (Å²) in [5.74, 6) is 0.731. The number of rotatable bonds is 5. The van der Waals surface area contributed by atoms with Crippen molar-refractivity contribution in [3.63, 3.8) is 0 Å². The average molecular weight is 361 g/mol. The van der Waals surface area contributed by atoms with E-state index in [0.29, 0.717) is 11.4 Å². The molecule has 4 rings (SSSR count). The first-order valence-electron chi connectivity index (χ1n) is 8.94. The number of anilines is 1. The fraction of sp³-hybridized carbons (Fsp3) is 0.250. The lowest BCUT2D eigenvalue weighted by Crippen LogP contribution is -2.21. The number of nitrogens with one attached hydrogen (secondary N) is 3. The first kappa shape index (κ1) is 17.2. The maximum Gasteiger partial charge on any atom is 0.175 e. The van der Waals surface area contributed by atoms with E-state index in [1.54, 1.807) is 0 Å². The third-order valence-electron chi connectivity index (χ3n) is 4.62. The summed E-state index contributed by atoms with van der Waals surface area (Å²) in [6, 6.07) is 7.84. The molecule has 1 aliphatic rings. The zero-order chi connectivity index (χ0) is 19.0. The maximum absolute atomic E-state index is 8.56. The Hall–Kier alpha value is -3.19. The van der Waals surface area contributed by atoms with Crippen LogP contribution in [0.1, 0.15) is 18.2 Å². The summed E-state index contributed by atoms with van der Waals surface area (Å²) in [5, 5.41) is 16.6. The maximum atomic E-state index is 8.56. The minimum absolute atomic E-state index is 0.423. The molecule has 0 saturated heterocycles. The Bertz CT molecular complexity index is 1070. The van der Waals surface area contributed by atoms with E-state index >= 15 is 0 Å². The number of likely N-dealkylation sites (N-methyl/N-ethyl adjacent to an activating group) is 1. The third-order valence-corrected chi connectivity index (χ3v) is 4.62. The van der Waals surface area contributed by atoms with Gasteiger partial charge in [-0.05, 0) is 50.9 Å². The Labute approximate surface area is 157 Å². The van der Waals surface area contributed by atoms with Gasteiger partial charge >= 0.3 is 0 Å². The van der Waals surface area contributed by atoms with Gasteiger partial charge in [0.1, 0.15) is 5.69 Å². The molecule has 0 spiro atoms. The SMILES string of the molecule is CC1=CC(=Nc2c(NCCN(C)C)nn3ccccc23)C(=N)c2cc[nH]c21. The van der Waals surface area contributed by atoms with Gasteiger partial charge in [-0.15, -0.1) is 5.10 Å². The summed E-state index contributed by atoms with van der Waals surface area (Å²) in [5.41, 5.74) is 5.69. The molecule has 7 nitrogen and oxygen atoms in total. The Kier molecular flexibility index (Phi) is 4.37. The lowest BCUT2D eigenvalue weighted by molar-refractivity contribution is 0.425. The number of hydrogen-bond acceptors (Lipinski definition) is 5. The van der Waals surface area contributed by atoms with Crippen LogP contribution in [0.4, 0.5) is 11.5 Å². The summed E-state index contributed by atoms with van der Waals surface area (Å²) >= 11 is 0. The van der Waals surface area contributed by atoms with Crippen molar-refractivity contribution >= 4 is 34.0 Å². The average Bonchev–Trinajstić information content (AvgIpc) is 3.25. The van der Waals surface area contributed by atoms with Crippen LogP contribution in [0.3, 0.4) is 0 Å². The third kappa shape index (κ3) is 3.17. The Balaban J connectivity index is 1.77. The van der Waals surface area contributed by atoms with Crippen molar-refractivity contribution in [2.75, 3.05) is 32.5 Å². The van der Waals surface area contributed by atoms with Gasteiger partial charge in [-0.1, -0.05) is 6.07 Å². The number of nitrogens with zero attached hydrogens (tertiary/aromatic N) is 4. The molecule has 0 amide bonds. The monoisotopic (exact) mass is 361 g/mol. The second-order valence-electron chi connectivity index (χ2n) is 6.92. The Morgan fingerprint density at radius 1 is 1.30 bits per heavy atom. The molecular formula is C20H23N7. The van der Waals surface area contributed by atoms with E-state index in [9.17, 15) is 0 Å². The zero-order valence-corrected chi connectivity index (χ0v) is 15.7. The van der Waals surface area contributed by atoms with E-state index in [1.165, 1.54) is 0 Å². The van der Waals surface area contributed by atoms with Gasteiger partial charge in [-0.2, -0.15) is 0 Å². The van der Waals surface area contributed by atoms with Crippen LogP contribution in [0.2, 0.25) is 0 Å². The highest BCUT2D eigenvalue weighted by Gasteiger charge is 2.22. The number of aromatic amines is 1. The predicted molar refractivity (Wildman–Crippen MR) is 111 cm³/mol. The highest BCUT2D eigenvalue weighted by atomic mass is 15.3. The van der Waals surface area contributed by atoms with Crippen molar-refractivity contribution in [2.45, 2.75) is 6.92 Å². The number of hydrogen-bond donors (Lipinski definition) is 3. The smallest absolute Gasteiger partial charge is 0.175 e. The molecule has 0 aliphatic heterocycles. The quantitative estimate of drug-likeness (QED) is 0.652. The first-order valence-corrected chi connectivity index (χ1v) is 8.94. The number of pyridine rings is 1. The van der Waals surface area contributed by atoms with Gasteiger partial charge in [0.15, 0.2) is 5.82 Å². The van der Waals surface area contributed by atoms with Crippen molar-refractivity contribution in [3.8, 4) is 0 Å². The van der Waals surface area contributed by atoms with Gasteiger partial charge in [0.2, 0.25) is 0 Å². The lowest BCUT2D eigenvalue weighted by atomic mass is 9.95. The minimum Gasteiger partial charge on any atom is -0.365 e. The second kappa shape index (κ2) is 6.85. The molecule has 1 aliphatic carbocycles. The molecule has 0 aromatic carbocycles. The van der Waals surface area contributed by atoms with Gasteiger partial charge in [0, 0.05) is 31.0 Å². The molecule has 0 fully saturated rings. The van der Waals surface area contributed by atoms with E-state index in [4.69, 9.17) is 10.4 Å². The van der Waals surface area contributed by atoms with Crippen LogP contribution in [-0.2, 0) is 0 Å². The number of aromatic nitrogens is 3. The fourth-order valence-corrected chi connectivity index (χ4v) is 3.21. The summed E-state index contributed by atoms with van der Waals surface area (Å²) in [6.07, 6.45) is 5.73. The molecule has 3 N–H and O–H groups in total. The highest BCUT2D eigenvalue weighted by Crippen LogP contribution is 2.32. The fourth-order valence-electron chi connectivity index (χ4n) is 3.21. The van der Waals surface area contributed by atoms with Crippen LogP contribution in [0, 0.1) is 5.41 Å². The molecule has 3 aromatic heterocycles. The number of H-pyrrole nitrogens is 1. The van der Waals surface area contributed by atoms with Crippen molar-refractivity contribution in [2.24, 2.45) is 4.99 Å². The van der Waals surface area contributed by atoms with Crippen molar-refractivity contribution in [3.05, 3.63) is 54.0 Å². The molecule has 138 valence electrons. The van der Waals surface area contributed by atoms with Crippen LogP contribution in [0.25, 0.3) is 11.1 Å². The molecule has 7 heteroatoms. The highest BCUT2D eigenvalue weighted by molar-refractivity contribution is 6.54. The largest absolute Gasteiger partial charge is 0.365 e. The molecule has 0 radical (unpaired) electrons. The molecule has 0 unspecified atom stereocenters. The van der Waals surface area contributed by atoms with Crippen molar-refractivity contribution in [1.29, 1.82) is 5.41 Å². The van der Waals surface area contributed by atoms with Crippen molar-refractivity contribution in [1.82, 2.24) is 19.5 Å². The molecule has 0 bridgehead atoms. The standard InChI is InChI=1S/C20H23N7/c1-13-12-15(17(21)14-7-8-22-18(13)14)24-19-16-6-4-5-10-27(16)25-20(19)23-9-11-26(2)3/h4-8,10,12,21-22H,9,11H2,1-3H3,(H,23,25). The molecular weight excluding hydrogens is 338 g/mol. The molecule has 0 atom stereocenters. The van der Waals surface area contributed by atoms with Gasteiger partial charge in [-0.3, -0.25) is 5.41 Å². The van der Waals surface area contributed by atoms with Crippen LogP contribution < -0.4 is 5.32 Å². The number of fused-ring (bicyclic) bond motifs is 2. The summed E-state index contributed by atoms with van der Waals surface area (Å²) < 4.78 is 1.82. The summed E-state index contributed by atoms with van der Waals surface area (Å²) in [4.78, 5) is 10.2. The number of aliphatic imine (C=N–C) groups is 1. The lowest BCUT2D eigenvalue weighted by Gasteiger charge is -2.14. The molecule has 0 saturated carbocycles. The summed E-state index contributed by atoms with van der Waals surface area (Å²) in [6.45, 7) is 3.69. The Morgan fingerprint density at radius 3 is 2.96 bits per heavy atom. The van der Waals surface area contributed by atoms with Gasteiger partial charge in [0.25, 0.3) is 0 Å². The van der Waals surface area contributed by atoms with Crippen LogP contribution >= 0.6 is 0 Å². The summed E-state index contributed by atoms with van der Waals surface area (Å²) in [7, 11) is 4.08. The number of allylic oxidation sites excluding steroid dienone is 2. The van der Waals surface area contributed by atoms with Crippen LogP contribution in [0.15, 0.2) is 47.7 Å². The Morgan fingerprint density at radius 2 is 2.15 bits per heavy atom. The van der Waals surface area contributed by atoms with E-state index in [-0.39, 0.29) is 0 Å². The molecule has 3 heterocycles. The van der Waals surface area contributed by atoms with Crippen molar-refractivity contribution < 1.29 is 0 Å². The van der Waals surface area contributed by atoms with E-state index in [0.717, 1.165) is 46.9 Å². The van der Waals surface area contributed by atoms with E-state index in [2.05, 4.69) is 20.3 Å². The second-order valence-corrected chi connectivity index (χ2v) is 6.92. The van der Waals surface area contributed by atoms with Crippen LogP contribution in [0.5, 0.6) is 0 Å². The molecule has 3 aromatic rings. The topological polar surface area (TPSA) is 84.6 Å². The van der Waals surface area contributed by atoms with Crippen LogP contribution in [-0.4, -0.2) is 58.1 Å². The first-order chi connectivity index (χ1) is 13.0. The predicted octanol–water partition coefficient (Wildman–Crippen LogP) is 3.19. The normalized spacial score (nSPS) is 15.5. The zero-order valence-electron chi connectivity index (χ0n) is 15.7. The van der Waals surface area contributed by atoms with Gasteiger partial charge < -0.3 is 15.2 Å². The molecule has 27 heavy (non-hydrogen) atoms. The van der Waals surface area contributed by atoms with E-state index in [1.807, 2.05) is 68.3 Å². The minimum atomic E-state index is 0.423. The van der Waals surface area contributed by atoms with Gasteiger partial charge in [0.05, 0.1) is 22.6 Å². The van der Waals surface area contributed by atoms with E-state index < -0.39 is 0 Å².